The van der Waals surface area contributed by atoms with Gasteiger partial charge in [0, 0.05) is 11.6 Å². The SMILES string of the molecule is CC1CCc2c(C(F)(F)F)nn(CC(=O)NCc3cc(C(C)C)no3)c2O1. The highest BCUT2D eigenvalue weighted by Crippen LogP contribution is 2.39. The molecular formula is C17H21F3N4O3. The van der Waals surface area contributed by atoms with Crippen LogP contribution in [0.1, 0.15) is 55.8 Å². The molecule has 2 aromatic rings. The summed E-state index contributed by atoms with van der Waals surface area (Å²) < 4.78 is 51.2. The van der Waals surface area contributed by atoms with Crippen LogP contribution < -0.4 is 10.1 Å². The molecule has 27 heavy (non-hydrogen) atoms. The summed E-state index contributed by atoms with van der Waals surface area (Å²) in [5, 5.41) is 10.1. The molecule has 0 aromatic carbocycles. The Labute approximate surface area is 153 Å². The minimum Gasteiger partial charge on any atom is -0.475 e. The lowest BCUT2D eigenvalue weighted by Gasteiger charge is -2.22. The van der Waals surface area contributed by atoms with E-state index in [1.165, 1.54) is 0 Å². The summed E-state index contributed by atoms with van der Waals surface area (Å²) in [6.45, 7) is 5.39. The standard InChI is InChI=1S/C17H21F3N4O3/c1-9(2)13-6-11(27-23-13)7-21-14(25)8-24-16-12(5-4-10(3)26-16)15(22-24)17(18,19)20/h6,9-10H,4-5,7-8H2,1-3H3,(H,21,25). The summed E-state index contributed by atoms with van der Waals surface area (Å²) >= 11 is 0. The highest BCUT2D eigenvalue weighted by Gasteiger charge is 2.41. The predicted octanol–water partition coefficient (Wildman–Crippen LogP) is 3.04. The molecule has 1 aliphatic rings. The molecule has 1 aliphatic heterocycles. The van der Waals surface area contributed by atoms with Crippen LogP contribution in [0.5, 0.6) is 5.88 Å². The van der Waals surface area contributed by atoms with Gasteiger partial charge in [-0.3, -0.25) is 4.79 Å². The van der Waals surface area contributed by atoms with E-state index >= 15 is 0 Å². The molecule has 0 aliphatic carbocycles. The second-order valence-corrected chi connectivity index (χ2v) is 6.90. The third-order valence-electron chi connectivity index (χ3n) is 4.30. The Morgan fingerprint density at radius 1 is 1.44 bits per heavy atom. The largest absolute Gasteiger partial charge is 0.475 e. The quantitative estimate of drug-likeness (QED) is 0.854. The van der Waals surface area contributed by atoms with Crippen LogP contribution in [-0.2, 0) is 30.5 Å². The Morgan fingerprint density at radius 3 is 2.81 bits per heavy atom. The summed E-state index contributed by atoms with van der Waals surface area (Å²) in [5.41, 5.74) is -0.225. The van der Waals surface area contributed by atoms with E-state index < -0.39 is 17.8 Å². The van der Waals surface area contributed by atoms with Gasteiger partial charge in [0.05, 0.1) is 18.3 Å². The lowest BCUT2D eigenvalue weighted by atomic mass is 10.0. The van der Waals surface area contributed by atoms with Gasteiger partial charge < -0.3 is 14.6 Å². The van der Waals surface area contributed by atoms with Crippen LogP contribution in [0.4, 0.5) is 13.2 Å². The van der Waals surface area contributed by atoms with Crippen LogP contribution >= 0.6 is 0 Å². The molecule has 1 N–H and O–H groups in total. The Kier molecular flexibility index (Phi) is 5.16. The molecule has 0 saturated heterocycles. The molecule has 1 amide bonds. The van der Waals surface area contributed by atoms with E-state index in [9.17, 15) is 18.0 Å². The number of halogens is 3. The summed E-state index contributed by atoms with van der Waals surface area (Å²) in [5.74, 6) is 0.167. The number of hydrogen-bond acceptors (Lipinski definition) is 5. The number of hydrogen-bond donors (Lipinski definition) is 1. The van der Waals surface area contributed by atoms with Crippen molar-refractivity contribution in [3.63, 3.8) is 0 Å². The summed E-state index contributed by atoms with van der Waals surface area (Å²) in [4.78, 5) is 12.2. The summed E-state index contributed by atoms with van der Waals surface area (Å²) in [6, 6.07) is 1.73. The molecule has 1 unspecified atom stereocenters. The van der Waals surface area contributed by atoms with Gasteiger partial charge in [-0.1, -0.05) is 19.0 Å². The molecule has 0 spiro atoms. The number of nitrogens with zero attached hydrogens (tertiary/aromatic N) is 3. The minimum absolute atomic E-state index is 0.00482. The highest BCUT2D eigenvalue weighted by atomic mass is 19.4. The molecule has 1 atom stereocenters. The number of aromatic nitrogens is 3. The van der Waals surface area contributed by atoms with E-state index in [2.05, 4.69) is 15.6 Å². The first kappa shape index (κ1) is 19.2. The number of fused-ring (bicyclic) bond motifs is 1. The number of ether oxygens (including phenoxy) is 1. The van der Waals surface area contributed by atoms with Gasteiger partial charge in [-0.15, -0.1) is 0 Å². The maximum absolute atomic E-state index is 13.2. The van der Waals surface area contributed by atoms with Crippen molar-refractivity contribution >= 4 is 5.91 Å². The molecule has 10 heteroatoms. The molecule has 0 saturated carbocycles. The van der Waals surface area contributed by atoms with Gasteiger partial charge in [0.1, 0.15) is 6.54 Å². The van der Waals surface area contributed by atoms with E-state index in [1.807, 2.05) is 13.8 Å². The average molecular weight is 386 g/mol. The number of carbonyl (C=O) groups is 1. The predicted molar refractivity (Wildman–Crippen MR) is 88.1 cm³/mol. The summed E-state index contributed by atoms with van der Waals surface area (Å²) in [6.07, 6.45) is -4.15. The number of amides is 1. The van der Waals surface area contributed by atoms with E-state index in [0.717, 1.165) is 10.4 Å². The monoisotopic (exact) mass is 386 g/mol. The number of carbonyl (C=O) groups excluding carboxylic acids is 1. The van der Waals surface area contributed by atoms with E-state index in [-0.39, 0.29) is 43.0 Å². The van der Waals surface area contributed by atoms with E-state index in [1.54, 1.807) is 13.0 Å². The minimum atomic E-state index is -4.59. The molecule has 3 rings (SSSR count). The van der Waals surface area contributed by atoms with Crippen LogP contribution in [0.2, 0.25) is 0 Å². The fraction of sp³-hybridized carbons (Fsp3) is 0.588. The van der Waals surface area contributed by atoms with Crippen molar-refractivity contribution in [3.05, 3.63) is 28.8 Å². The van der Waals surface area contributed by atoms with Crippen LogP contribution in [-0.4, -0.2) is 26.9 Å². The van der Waals surface area contributed by atoms with Crippen molar-refractivity contribution in [1.29, 1.82) is 0 Å². The lowest BCUT2D eigenvalue weighted by Crippen LogP contribution is -2.29. The third-order valence-corrected chi connectivity index (χ3v) is 4.30. The third kappa shape index (κ3) is 4.25. The average Bonchev–Trinajstić information content (AvgIpc) is 3.18. The maximum Gasteiger partial charge on any atom is 0.435 e. The van der Waals surface area contributed by atoms with Crippen molar-refractivity contribution in [2.45, 2.75) is 64.9 Å². The van der Waals surface area contributed by atoms with Crippen molar-refractivity contribution in [2.75, 3.05) is 0 Å². The Hall–Kier alpha value is -2.52. The Balaban J connectivity index is 1.71. The van der Waals surface area contributed by atoms with Crippen molar-refractivity contribution in [3.8, 4) is 5.88 Å². The van der Waals surface area contributed by atoms with E-state index in [4.69, 9.17) is 9.26 Å². The molecule has 0 fully saturated rings. The molecule has 148 valence electrons. The Bertz CT molecular complexity index is 826. The highest BCUT2D eigenvalue weighted by molar-refractivity contribution is 5.75. The van der Waals surface area contributed by atoms with Gasteiger partial charge in [-0.2, -0.15) is 18.3 Å². The smallest absolute Gasteiger partial charge is 0.435 e. The van der Waals surface area contributed by atoms with Gasteiger partial charge in [0.2, 0.25) is 11.8 Å². The first-order valence-corrected chi connectivity index (χ1v) is 8.71. The van der Waals surface area contributed by atoms with Crippen LogP contribution in [0.15, 0.2) is 10.6 Å². The van der Waals surface area contributed by atoms with Gasteiger partial charge in [-0.05, 0) is 25.7 Å². The zero-order valence-electron chi connectivity index (χ0n) is 15.3. The zero-order chi connectivity index (χ0) is 19.8. The lowest BCUT2D eigenvalue weighted by molar-refractivity contribution is -0.142. The topological polar surface area (TPSA) is 82.2 Å². The molecule has 3 heterocycles. The summed E-state index contributed by atoms with van der Waals surface area (Å²) in [7, 11) is 0. The Morgan fingerprint density at radius 2 is 2.19 bits per heavy atom. The maximum atomic E-state index is 13.2. The fourth-order valence-corrected chi connectivity index (χ4v) is 2.83. The fourth-order valence-electron chi connectivity index (χ4n) is 2.83. The van der Waals surface area contributed by atoms with Crippen molar-refractivity contribution in [1.82, 2.24) is 20.3 Å². The van der Waals surface area contributed by atoms with Crippen molar-refractivity contribution < 1.29 is 27.2 Å². The molecule has 2 aromatic heterocycles. The number of nitrogens with one attached hydrogen (secondary N) is 1. The molecule has 7 nitrogen and oxygen atoms in total. The molecule has 0 bridgehead atoms. The van der Waals surface area contributed by atoms with Crippen molar-refractivity contribution in [2.24, 2.45) is 0 Å². The van der Waals surface area contributed by atoms with E-state index in [0.29, 0.717) is 12.2 Å². The van der Waals surface area contributed by atoms with Gasteiger partial charge in [0.15, 0.2) is 11.5 Å². The second-order valence-electron chi connectivity index (χ2n) is 6.90. The van der Waals surface area contributed by atoms with Crippen LogP contribution in [0.25, 0.3) is 0 Å². The molecule has 0 radical (unpaired) electrons. The van der Waals surface area contributed by atoms with Gasteiger partial charge in [-0.25, -0.2) is 4.68 Å². The van der Waals surface area contributed by atoms with Gasteiger partial charge in [0.25, 0.3) is 0 Å². The first-order valence-electron chi connectivity index (χ1n) is 8.71. The second kappa shape index (κ2) is 7.24. The normalized spacial score (nSPS) is 16.9. The van der Waals surface area contributed by atoms with Crippen LogP contribution in [0, 0.1) is 0 Å². The number of rotatable bonds is 5. The molecular weight excluding hydrogens is 365 g/mol. The van der Waals surface area contributed by atoms with Gasteiger partial charge >= 0.3 is 6.18 Å². The van der Waals surface area contributed by atoms with Crippen LogP contribution in [0.3, 0.4) is 0 Å². The zero-order valence-corrected chi connectivity index (χ0v) is 15.3. The number of alkyl halides is 3. The first-order chi connectivity index (χ1) is 12.6.